The smallest absolute Gasteiger partial charge is 0.252 e. The Morgan fingerprint density at radius 2 is 2.25 bits per heavy atom. The molecule has 4 saturated heterocycles. The highest BCUT2D eigenvalue weighted by Gasteiger charge is 2.52. The number of hydroxylamine groups is 1. The quantitative estimate of drug-likeness (QED) is 0.841. The Morgan fingerprint density at radius 1 is 1.42 bits per heavy atom. The molecule has 6 nitrogen and oxygen atoms in total. The van der Waals surface area contributed by atoms with E-state index in [1.54, 1.807) is 11.3 Å². The van der Waals surface area contributed by atoms with Crippen molar-refractivity contribution in [1.82, 2.24) is 20.3 Å². The molecule has 0 unspecified atom stereocenters. The van der Waals surface area contributed by atoms with Crippen LogP contribution in [0.2, 0.25) is 0 Å². The van der Waals surface area contributed by atoms with Crippen molar-refractivity contribution in [3.8, 4) is 0 Å². The maximum absolute atomic E-state index is 6.02. The number of amidine groups is 1. The first-order valence-electron chi connectivity index (χ1n) is 8.17. The van der Waals surface area contributed by atoms with Gasteiger partial charge in [-0.2, -0.15) is 9.98 Å². The molecule has 0 aliphatic carbocycles. The summed E-state index contributed by atoms with van der Waals surface area (Å²) in [6.07, 6.45) is 5.14. The van der Waals surface area contributed by atoms with Gasteiger partial charge in [-0.1, -0.05) is 0 Å². The number of hydrogen-bond donors (Lipinski definition) is 1. The largest absolute Gasteiger partial charge is 0.300 e. The molecular formula is C16H20ClN5OS. The minimum Gasteiger partial charge on any atom is -0.300 e. The molecule has 24 heavy (non-hydrogen) atoms. The van der Waals surface area contributed by atoms with E-state index in [-0.39, 0.29) is 18.0 Å². The molecule has 0 saturated carbocycles. The number of fused-ring (bicyclic) bond motifs is 3. The Kier molecular flexibility index (Phi) is 3.99. The van der Waals surface area contributed by atoms with Gasteiger partial charge in [0.25, 0.3) is 5.95 Å². The van der Waals surface area contributed by atoms with Gasteiger partial charge in [-0.25, -0.2) is 4.98 Å². The number of aliphatic imine (C=N–C) groups is 1. The highest BCUT2D eigenvalue weighted by molar-refractivity contribution is 7.18. The van der Waals surface area contributed by atoms with Crippen LogP contribution < -0.4 is 5.48 Å². The molecule has 128 valence electrons. The standard InChI is InChI=1S/C16H19N5OS.ClH/c1-10-6-11-8-17-15(19-14(11)23-10)18-13-7-16(22-20-13)9-21-4-2-12(16)3-5-21;/h6,8,12H,2-5,7,9H2,1H3,(H,17,18,19,20);1H/t16-;/m0./s1. The van der Waals surface area contributed by atoms with Crippen molar-refractivity contribution in [2.75, 3.05) is 19.6 Å². The second-order valence-electron chi connectivity index (χ2n) is 6.84. The minimum atomic E-state index is -0.0983. The van der Waals surface area contributed by atoms with Crippen molar-refractivity contribution in [3.05, 3.63) is 17.1 Å². The summed E-state index contributed by atoms with van der Waals surface area (Å²) in [7, 11) is 0. The van der Waals surface area contributed by atoms with Crippen molar-refractivity contribution >= 4 is 45.7 Å². The fourth-order valence-corrected chi connectivity index (χ4v) is 4.99. The van der Waals surface area contributed by atoms with Gasteiger partial charge in [0, 0.05) is 29.4 Å². The number of aromatic nitrogens is 2. The van der Waals surface area contributed by atoms with Gasteiger partial charge in [-0.3, -0.25) is 10.3 Å². The molecule has 1 N–H and O–H groups in total. The number of aryl methyl sites for hydroxylation is 1. The molecule has 8 heteroatoms. The van der Waals surface area contributed by atoms with Crippen LogP contribution in [0.4, 0.5) is 5.95 Å². The molecule has 2 bridgehead atoms. The van der Waals surface area contributed by atoms with Crippen LogP contribution in [0.15, 0.2) is 17.3 Å². The number of halogens is 1. The van der Waals surface area contributed by atoms with Gasteiger partial charge in [0.05, 0.1) is 0 Å². The maximum atomic E-state index is 6.02. The van der Waals surface area contributed by atoms with Crippen molar-refractivity contribution in [2.24, 2.45) is 10.9 Å². The van der Waals surface area contributed by atoms with Crippen molar-refractivity contribution in [2.45, 2.75) is 31.8 Å². The van der Waals surface area contributed by atoms with E-state index in [0.717, 1.165) is 29.0 Å². The Labute approximate surface area is 150 Å². The number of hydrogen-bond acceptors (Lipinski definition) is 6. The highest BCUT2D eigenvalue weighted by Crippen LogP contribution is 2.42. The van der Waals surface area contributed by atoms with E-state index in [2.05, 4.69) is 38.3 Å². The first-order chi connectivity index (χ1) is 11.2. The first kappa shape index (κ1) is 16.2. The fourth-order valence-electron chi connectivity index (χ4n) is 4.14. The second-order valence-corrected chi connectivity index (χ2v) is 8.08. The van der Waals surface area contributed by atoms with Crippen LogP contribution in [0, 0.1) is 12.8 Å². The van der Waals surface area contributed by atoms with Crippen molar-refractivity contribution in [1.29, 1.82) is 0 Å². The molecule has 4 aliphatic heterocycles. The van der Waals surface area contributed by atoms with Gasteiger partial charge >= 0.3 is 0 Å². The number of nitrogens with zero attached hydrogens (tertiary/aromatic N) is 4. The Morgan fingerprint density at radius 3 is 3.00 bits per heavy atom. The van der Waals surface area contributed by atoms with E-state index in [1.165, 1.54) is 30.8 Å². The topological polar surface area (TPSA) is 62.6 Å². The molecular weight excluding hydrogens is 346 g/mol. The second kappa shape index (κ2) is 5.91. The van der Waals surface area contributed by atoms with Crippen LogP contribution >= 0.6 is 23.7 Å². The summed E-state index contributed by atoms with van der Waals surface area (Å²) in [6.45, 7) is 5.51. The summed E-state index contributed by atoms with van der Waals surface area (Å²) in [4.78, 5) is 24.3. The Balaban J connectivity index is 0.00000146. The molecule has 1 atom stereocenters. The van der Waals surface area contributed by atoms with Gasteiger partial charge in [0.2, 0.25) is 0 Å². The lowest BCUT2D eigenvalue weighted by atomic mass is 9.74. The number of thiophene rings is 1. The molecule has 2 aromatic heterocycles. The predicted octanol–water partition coefficient (Wildman–Crippen LogP) is 2.84. The summed E-state index contributed by atoms with van der Waals surface area (Å²) < 4.78 is 0. The molecule has 0 amide bonds. The lowest BCUT2D eigenvalue weighted by Gasteiger charge is -2.49. The van der Waals surface area contributed by atoms with Gasteiger partial charge in [-0.05, 0) is 44.8 Å². The van der Waals surface area contributed by atoms with E-state index in [9.17, 15) is 0 Å². The summed E-state index contributed by atoms with van der Waals surface area (Å²) in [5.74, 6) is 2.01. The zero-order valence-corrected chi connectivity index (χ0v) is 15.1. The Hall–Kier alpha value is -1.28. The lowest BCUT2D eigenvalue weighted by molar-refractivity contribution is -0.150. The van der Waals surface area contributed by atoms with Gasteiger partial charge in [0.15, 0.2) is 0 Å². The lowest BCUT2D eigenvalue weighted by Crippen LogP contribution is -2.59. The van der Waals surface area contributed by atoms with Crippen LogP contribution in [0.1, 0.15) is 24.1 Å². The normalized spacial score (nSPS) is 33.1. The van der Waals surface area contributed by atoms with Crippen molar-refractivity contribution < 1.29 is 4.84 Å². The predicted molar refractivity (Wildman–Crippen MR) is 97.2 cm³/mol. The molecule has 2 aromatic rings. The molecule has 0 aromatic carbocycles. The van der Waals surface area contributed by atoms with Gasteiger partial charge in [-0.15, -0.1) is 23.7 Å². The average Bonchev–Trinajstić information content (AvgIpc) is 3.11. The maximum Gasteiger partial charge on any atom is 0.252 e. The summed E-state index contributed by atoms with van der Waals surface area (Å²) in [5, 5.41) is 1.08. The number of rotatable bonds is 1. The first-order valence-corrected chi connectivity index (χ1v) is 8.99. The van der Waals surface area contributed by atoms with Gasteiger partial charge in [0.1, 0.15) is 16.3 Å². The summed E-state index contributed by atoms with van der Waals surface area (Å²) >= 11 is 1.68. The number of piperidine rings is 3. The monoisotopic (exact) mass is 365 g/mol. The SMILES string of the molecule is Cc1cc2cnc(N=C3C[C@@]4(CN5CCC4CC5)ON3)nc2s1.Cl. The van der Waals surface area contributed by atoms with Crippen LogP contribution in [0.3, 0.4) is 0 Å². The third-order valence-corrected chi connectivity index (χ3v) is 6.24. The Bertz CT molecular complexity index is 801. The molecule has 0 radical (unpaired) electrons. The molecule has 6 heterocycles. The average molecular weight is 366 g/mol. The van der Waals surface area contributed by atoms with Crippen LogP contribution in [0.25, 0.3) is 10.2 Å². The minimum absolute atomic E-state index is 0. The molecule has 6 rings (SSSR count). The van der Waals surface area contributed by atoms with Crippen LogP contribution in [-0.4, -0.2) is 45.9 Å². The molecule has 4 aliphatic rings. The van der Waals surface area contributed by atoms with E-state index < -0.39 is 0 Å². The van der Waals surface area contributed by atoms with E-state index >= 15 is 0 Å². The summed E-state index contributed by atoms with van der Waals surface area (Å²) in [6, 6.07) is 2.11. The fraction of sp³-hybridized carbons (Fsp3) is 0.562. The molecule has 4 fully saturated rings. The van der Waals surface area contributed by atoms with Crippen LogP contribution in [-0.2, 0) is 4.84 Å². The highest BCUT2D eigenvalue weighted by atomic mass is 35.5. The van der Waals surface area contributed by atoms with Gasteiger partial charge < -0.3 is 4.90 Å². The zero-order chi connectivity index (χ0) is 15.4. The van der Waals surface area contributed by atoms with E-state index in [0.29, 0.717) is 11.9 Å². The third kappa shape index (κ3) is 2.60. The molecule has 1 spiro atoms. The van der Waals surface area contributed by atoms with E-state index in [4.69, 9.17) is 4.84 Å². The van der Waals surface area contributed by atoms with E-state index in [1.807, 2.05) is 6.20 Å². The van der Waals surface area contributed by atoms with Crippen LogP contribution in [0.5, 0.6) is 0 Å². The third-order valence-electron chi connectivity index (χ3n) is 5.28. The zero-order valence-electron chi connectivity index (χ0n) is 13.5. The number of nitrogens with one attached hydrogen (secondary N) is 1. The summed E-state index contributed by atoms with van der Waals surface area (Å²) in [5.41, 5.74) is 2.95. The van der Waals surface area contributed by atoms with Crippen molar-refractivity contribution in [3.63, 3.8) is 0 Å².